The van der Waals surface area contributed by atoms with E-state index in [1.54, 1.807) is 0 Å². The van der Waals surface area contributed by atoms with E-state index >= 15 is 0 Å². The lowest BCUT2D eigenvalue weighted by Gasteiger charge is -2.30. The summed E-state index contributed by atoms with van der Waals surface area (Å²) in [7, 11) is 0. The van der Waals surface area contributed by atoms with Crippen molar-refractivity contribution >= 4 is 60.9 Å². The maximum Gasteiger partial charge on any atom is 0.136 e. The van der Waals surface area contributed by atoms with Gasteiger partial charge in [-0.3, -0.25) is 0 Å². The van der Waals surface area contributed by atoms with Gasteiger partial charge in [-0.05, 0) is 105 Å². The van der Waals surface area contributed by atoms with Crippen LogP contribution < -0.4 is 4.90 Å². The Labute approximate surface area is 348 Å². The maximum atomic E-state index is 6.67. The molecule has 2 aromatic heterocycles. The Hall–Kier alpha value is -7.62. The van der Waals surface area contributed by atoms with Crippen LogP contribution in [0.3, 0.4) is 0 Å². The van der Waals surface area contributed by atoms with Crippen molar-refractivity contribution in [3.8, 4) is 44.5 Å². The van der Waals surface area contributed by atoms with Crippen LogP contribution in [0, 0.1) is 0 Å². The molecule has 60 heavy (non-hydrogen) atoms. The third-order valence-corrected chi connectivity index (χ3v) is 12.7. The standard InChI is InChI=1S/C57H39NO2/c1-57(2)49-21-11-9-19-44(49)45-30-28-41(33-50(45)57)58(51-22-12-10-18-42(51)39-26-24-37(25-27-39)36-14-5-3-6-15-36)40-29-31-52-46(32-40)47-34-55-48(35-54(47)59-52)56-43(20-13-23-53(56)60-55)38-16-7-4-8-17-38/h3-35H,1-2H3. The van der Waals surface area contributed by atoms with Crippen LogP contribution in [0.15, 0.2) is 209 Å². The van der Waals surface area contributed by atoms with Gasteiger partial charge in [-0.2, -0.15) is 0 Å². The zero-order valence-electron chi connectivity index (χ0n) is 33.3. The summed E-state index contributed by atoms with van der Waals surface area (Å²) in [5, 5.41) is 4.21. The number of anilines is 3. The van der Waals surface area contributed by atoms with Crippen molar-refractivity contribution in [1.29, 1.82) is 0 Å². The van der Waals surface area contributed by atoms with Crippen LogP contribution >= 0.6 is 0 Å². The minimum atomic E-state index is -0.149. The Morgan fingerprint density at radius 2 is 0.900 bits per heavy atom. The Kier molecular flexibility index (Phi) is 7.58. The van der Waals surface area contributed by atoms with E-state index in [0.29, 0.717) is 0 Å². The van der Waals surface area contributed by atoms with Crippen molar-refractivity contribution in [2.75, 3.05) is 4.90 Å². The van der Waals surface area contributed by atoms with Gasteiger partial charge >= 0.3 is 0 Å². The van der Waals surface area contributed by atoms with Crippen molar-refractivity contribution in [1.82, 2.24) is 0 Å². The summed E-state index contributed by atoms with van der Waals surface area (Å²) in [4.78, 5) is 2.42. The Balaban J connectivity index is 1.05. The molecular weight excluding hydrogens is 731 g/mol. The van der Waals surface area contributed by atoms with Crippen molar-refractivity contribution in [2.24, 2.45) is 0 Å². The van der Waals surface area contributed by atoms with Crippen LogP contribution in [0.1, 0.15) is 25.0 Å². The predicted molar refractivity (Wildman–Crippen MR) is 250 cm³/mol. The number of fused-ring (bicyclic) bond motifs is 9. The van der Waals surface area contributed by atoms with Gasteiger partial charge in [-0.1, -0.05) is 159 Å². The van der Waals surface area contributed by atoms with E-state index in [9.17, 15) is 0 Å². The van der Waals surface area contributed by atoms with Crippen molar-refractivity contribution in [2.45, 2.75) is 19.3 Å². The largest absolute Gasteiger partial charge is 0.456 e. The van der Waals surface area contributed by atoms with Gasteiger partial charge in [0.1, 0.15) is 22.3 Å². The molecular formula is C57H39NO2. The van der Waals surface area contributed by atoms with E-state index in [1.807, 2.05) is 0 Å². The molecule has 3 nitrogen and oxygen atoms in total. The zero-order chi connectivity index (χ0) is 40.0. The number of nitrogens with zero attached hydrogens (tertiary/aromatic N) is 1. The van der Waals surface area contributed by atoms with E-state index in [2.05, 4.69) is 219 Å². The highest BCUT2D eigenvalue weighted by molar-refractivity contribution is 6.18. The van der Waals surface area contributed by atoms with Gasteiger partial charge in [-0.15, -0.1) is 0 Å². The molecule has 0 fully saturated rings. The average Bonchev–Trinajstić information content (AvgIpc) is 3.93. The molecule has 3 heteroatoms. The van der Waals surface area contributed by atoms with E-state index in [4.69, 9.17) is 8.83 Å². The fraction of sp³-hybridized carbons (Fsp3) is 0.0526. The van der Waals surface area contributed by atoms with Gasteiger partial charge in [0.2, 0.25) is 0 Å². The second-order valence-electron chi connectivity index (χ2n) is 16.5. The van der Waals surface area contributed by atoms with Crippen molar-refractivity contribution in [3.63, 3.8) is 0 Å². The maximum absolute atomic E-state index is 6.67. The van der Waals surface area contributed by atoms with Gasteiger partial charge in [-0.25, -0.2) is 0 Å². The Morgan fingerprint density at radius 3 is 1.72 bits per heavy atom. The molecule has 11 aromatic rings. The van der Waals surface area contributed by atoms with Crippen molar-refractivity contribution in [3.05, 3.63) is 211 Å². The first-order valence-electron chi connectivity index (χ1n) is 20.7. The van der Waals surface area contributed by atoms with Crippen LogP contribution in [0.2, 0.25) is 0 Å². The number of hydrogen-bond donors (Lipinski definition) is 0. The van der Waals surface area contributed by atoms with Gasteiger partial charge in [0.25, 0.3) is 0 Å². The minimum absolute atomic E-state index is 0.149. The Bertz CT molecular complexity index is 3450. The van der Waals surface area contributed by atoms with Crippen molar-refractivity contribution < 1.29 is 8.83 Å². The molecule has 1 aliphatic rings. The first-order chi connectivity index (χ1) is 29.5. The van der Waals surface area contributed by atoms with Gasteiger partial charge in [0.05, 0.1) is 5.69 Å². The molecule has 0 N–H and O–H groups in total. The van der Waals surface area contributed by atoms with E-state index < -0.39 is 0 Å². The summed E-state index contributed by atoms with van der Waals surface area (Å²) >= 11 is 0. The lowest BCUT2D eigenvalue weighted by molar-refractivity contribution is 0.660. The molecule has 0 unspecified atom stereocenters. The number of rotatable bonds is 6. The third-order valence-electron chi connectivity index (χ3n) is 12.7. The summed E-state index contributed by atoms with van der Waals surface area (Å²) in [6.07, 6.45) is 0. The summed E-state index contributed by atoms with van der Waals surface area (Å²) in [6.45, 7) is 4.69. The normalized spacial score (nSPS) is 13.0. The summed E-state index contributed by atoms with van der Waals surface area (Å²) < 4.78 is 13.3. The topological polar surface area (TPSA) is 29.5 Å². The summed E-state index contributed by atoms with van der Waals surface area (Å²) in [6, 6.07) is 71.9. The second-order valence-corrected chi connectivity index (χ2v) is 16.5. The molecule has 284 valence electrons. The number of furan rings is 2. The first kappa shape index (κ1) is 34.4. The first-order valence-corrected chi connectivity index (χ1v) is 20.7. The van der Waals surface area contributed by atoms with Gasteiger partial charge in [0.15, 0.2) is 0 Å². The van der Waals surface area contributed by atoms with Crippen LogP contribution in [-0.2, 0) is 5.41 Å². The molecule has 0 amide bonds. The molecule has 0 spiro atoms. The molecule has 2 heterocycles. The zero-order valence-corrected chi connectivity index (χ0v) is 33.3. The minimum Gasteiger partial charge on any atom is -0.456 e. The van der Waals surface area contributed by atoms with Crippen LogP contribution in [-0.4, -0.2) is 0 Å². The fourth-order valence-electron chi connectivity index (χ4n) is 9.72. The molecule has 1 aliphatic carbocycles. The average molecular weight is 770 g/mol. The fourth-order valence-corrected chi connectivity index (χ4v) is 9.72. The molecule has 0 aliphatic heterocycles. The molecule has 0 bridgehead atoms. The molecule has 0 atom stereocenters. The van der Waals surface area contributed by atoms with E-state index in [-0.39, 0.29) is 5.41 Å². The highest BCUT2D eigenvalue weighted by Gasteiger charge is 2.36. The molecule has 12 rings (SSSR count). The molecule has 0 saturated heterocycles. The Morgan fingerprint density at radius 1 is 0.350 bits per heavy atom. The molecule has 9 aromatic carbocycles. The summed E-state index contributed by atoms with van der Waals surface area (Å²) in [5.41, 5.74) is 18.8. The molecule has 0 radical (unpaired) electrons. The monoisotopic (exact) mass is 769 g/mol. The quantitative estimate of drug-likeness (QED) is 0.169. The highest BCUT2D eigenvalue weighted by atomic mass is 16.3. The number of para-hydroxylation sites is 1. The third kappa shape index (κ3) is 5.29. The predicted octanol–water partition coefficient (Wildman–Crippen LogP) is 16.3. The SMILES string of the molecule is CC1(C)c2ccccc2-c2ccc(N(c3ccc4oc5cc6c(cc5c4c3)oc3cccc(-c4ccccc4)c36)c3ccccc3-c3ccc(-c4ccccc4)cc3)cc21. The highest BCUT2D eigenvalue weighted by Crippen LogP contribution is 2.52. The second kappa shape index (κ2) is 13.2. The van der Waals surface area contributed by atoms with Crippen LogP contribution in [0.5, 0.6) is 0 Å². The van der Waals surface area contributed by atoms with E-state index in [1.165, 1.54) is 33.4 Å². The molecule has 0 saturated carbocycles. The van der Waals surface area contributed by atoms with Crippen LogP contribution in [0.4, 0.5) is 17.1 Å². The van der Waals surface area contributed by atoms with Crippen LogP contribution in [0.25, 0.3) is 88.4 Å². The number of hydrogen-bond acceptors (Lipinski definition) is 3. The lowest BCUT2D eigenvalue weighted by atomic mass is 9.82. The van der Waals surface area contributed by atoms with Gasteiger partial charge < -0.3 is 13.7 Å². The summed E-state index contributed by atoms with van der Waals surface area (Å²) in [5.74, 6) is 0. The van der Waals surface area contributed by atoms with Gasteiger partial charge in [0, 0.05) is 43.9 Å². The smallest absolute Gasteiger partial charge is 0.136 e. The van der Waals surface area contributed by atoms with E-state index in [0.717, 1.165) is 83.2 Å². The lowest BCUT2D eigenvalue weighted by Crippen LogP contribution is -2.16. The number of benzene rings is 9.